The second-order valence-corrected chi connectivity index (χ2v) is 4.97. The van der Waals surface area contributed by atoms with Crippen LogP contribution < -0.4 is 0 Å². The van der Waals surface area contributed by atoms with Gasteiger partial charge >= 0.3 is 0 Å². The molecule has 1 aliphatic heterocycles. The average molecular weight is 237 g/mol. The average Bonchev–Trinajstić information content (AvgIpc) is 2.51. The highest BCUT2D eigenvalue weighted by Gasteiger charge is 2.47. The number of rotatable bonds is 1. The van der Waals surface area contributed by atoms with Gasteiger partial charge in [0.1, 0.15) is 5.04 Å². The molecule has 1 aliphatic rings. The molecule has 3 nitrogen and oxygen atoms in total. The van der Waals surface area contributed by atoms with Crippen LogP contribution in [0.3, 0.4) is 0 Å². The number of benzene rings is 1. The van der Waals surface area contributed by atoms with E-state index in [0.29, 0.717) is 10.6 Å². The molecule has 0 saturated carbocycles. The van der Waals surface area contributed by atoms with E-state index in [0.717, 1.165) is 0 Å². The molecule has 1 unspecified atom stereocenters. The molecule has 0 aromatic heterocycles. The normalized spacial score (nSPS) is 27.9. The van der Waals surface area contributed by atoms with Crippen molar-refractivity contribution >= 4 is 16.8 Å². The van der Waals surface area contributed by atoms with Crippen LogP contribution in [0.15, 0.2) is 35.3 Å². The minimum atomic E-state index is -1.40. The molecule has 0 aliphatic carbocycles. The third kappa shape index (κ3) is 1.88. The second kappa shape index (κ2) is 3.87. The lowest BCUT2D eigenvalue weighted by atomic mass is 10.1. The smallest absolute Gasteiger partial charge is 0.245 e. The summed E-state index contributed by atoms with van der Waals surface area (Å²) in [6.45, 7) is 3.67. The lowest BCUT2D eigenvalue weighted by Crippen LogP contribution is -2.35. The fourth-order valence-electron chi connectivity index (χ4n) is 1.78. The first-order valence-electron chi connectivity index (χ1n) is 5.10. The first kappa shape index (κ1) is 11.6. The van der Waals surface area contributed by atoms with E-state index in [1.54, 1.807) is 0 Å². The molecule has 0 fully saturated rings. The van der Waals surface area contributed by atoms with Crippen LogP contribution >= 0.6 is 11.8 Å². The van der Waals surface area contributed by atoms with Gasteiger partial charge < -0.3 is 9.84 Å². The molecule has 1 aromatic carbocycles. The van der Waals surface area contributed by atoms with Gasteiger partial charge in [0.05, 0.1) is 0 Å². The Labute approximate surface area is 99.5 Å². The van der Waals surface area contributed by atoms with Crippen molar-refractivity contribution < 1.29 is 9.84 Å². The molecule has 1 atom stereocenters. The van der Waals surface area contributed by atoms with Crippen molar-refractivity contribution in [2.24, 2.45) is 4.99 Å². The monoisotopic (exact) mass is 237 g/mol. The minimum absolute atomic E-state index is 0.601. The van der Waals surface area contributed by atoms with E-state index < -0.39 is 11.5 Å². The zero-order valence-electron chi connectivity index (χ0n) is 9.60. The van der Waals surface area contributed by atoms with Crippen molar-refractivity contribution in [3.63, 3.8) is 0 Å². The van der Waals surface area contributed by atoms with Crippen LogP contribution in [0, 0.1) is 0 Å². The zero-order valence-corrected chi connectivity index (χ0v) is 10.4. The number of hydrogen-bond donors (Lipinski definition) is 1. The summed E-state index contributed by atoms with van der Waals surface area (Å²) in [4.78, 5) is 4.38. The zero-order chi connectivity index (χ0) is 11.8. The van der Waals surface area contributed by atoms with Gasteiger partial charge in [-0.15, -0.1) is 11.8 Å². The molecule has 0 radical (unpaired) electrons. The van der Waals surface area contributed by atoms with E-state index >= 15 is 0 Å². The molecule has 1 N–H and O–H groups in total. The summed E-state index contributed by atoms with van der Waals surface area (Å²) in [6, 6.07) is 9.34. The van der Waals surface area contributed by atoms with Crippen molar-refractivity contribution in [1.29, 1.82) is 0 Å². The van der Waals surface area contributed by atoms with Crippen LogP contribution in [0.5, 0.6) is 0 Å². The van der Waals surface area contributed by atoms with Gasteiger partial charge in [-0.1, -0.05) is 30.3 Å². The van der Waals surface area contributed by atoms with Gasteiger partial charge in [0, 0.05) is 5.56 Å². The van der Waals surface area contributed by atoms with Crippen LogP contribution in [0.2, 0.25) is 0 Å². The summed E-state index contributed by atoms with van der Waals surface area (Å²) in [5.41, 5.74) is 0.0387. The van der Waals surface area contributed by atoms with Crippen LogP contribution in [0.25, 0.3) is 0 Å². The first-order chi connectivity index (χ1) is 7.48. The van der Waals surface area contributed by atoms with Gasteiger partial charge in [-0.25, -0.2) is 4.99 Å². The molecule has 0 spiro atoms. The fraction of sp³-hybridized carbons (Fsp3) is 0.417. The highest BCUT2D eigenvalue weighted by Crippen LogP contribution is 2.40. The summed E-state index contributed by atoms with van der Waals surface area (Å²) in [7, 11) is 0. The third-order valence-corrected chi connectivity index (χ3v) is 3.17. The number of ether oxygens (including phenoxy) is 1. The summed E-state index contributed by atoms with van der Waals surface area (Å²) in [6.07, 6.45) is 1.89. The number of hydrogen-bond acceptors (Lipinski definition) is 4. The lowest BCUT2D eigenvalue weighted by Gasteiger charge is -2.26. The van der Waals surface area contributed by atoms with Crippen molar-refractivity contribution in [2.45, 2.75) is 25.4 Å². The Kier molecular flexibility index (Phi) is 2.82. The van der Waals surface area contributed by atoms with Gasteiger partial charge in [-0.2, -0.15) is 0 Å². The van der Waals surface area contributed by atoms with Gasteiger partial charge in [-0.3, -0.25) is 0 Å². The molecule has 0 amide bonds. The van der Waals surface area contributed by atoms with Gasteiger partial charge in [0.2, 0.25) is 5.79 Å². The number of aliphatic hydroxyl groups is 1. The molecule has 1 heterocycles. The van der Waals surface area contributed by atoms with E-state index in [2.05, 4.69) is 4.99 Å². The van der Waals surface area contributed by atoms with Crippen LogP contribution in [-0.4, -0.2) is 22.1 Å². The topological polar surface area (TPSA) is 41.8 Å². The molecule has 1 aromatic rings. The molecular weight excluding hydrogens is 222 g/mol. The number of nitrogens with zero attached hydrogens (tertiary/aromatic N) is 1. The Balaban J connectivity index is 2.44. The van der Waals surface area contributed by atoms with Crippen LogP contribution in [-0.2, 0) is 10.5 Å². The summed E-state index contributed by atoms with van der Waals surface area (Å²) < 4.78 is 5.66. The van der Waals surface area contributed by atoms with Crippen LogP contribution in [0.4, 0.5) is 0 Å². The highest BCUT2D eigenvalue weighted by atomic mass is 32.2. The van der Waals surface area contributed by atoms with Gasteiger partial charge in [-0.05, 0) is 20.1 Å². The fourth-order valence-corrected chi connectivity index (χ4v) is 2.53. The summed E-state index contributed by atoms with van der Waals surface area (Å²) >= 11 is 1.41. The molecule has 16 heavy (non-hydrogen) atoms. The van der Waals surface area contributed by atoms with E-state index in [1.807, 2.05) is 50.4 Å². The van der Waals surface area contributed by atoms with Crippen molar-refractivity contribution in [3.05, 3.63) is 35.9 Å². The van der Waals surface area contributed by atoms with Crippen molar-refractivity contribution in [1.82, 2.24) is 0 Å². The summed E-state index contributed by atoms with van der Waals surface area (Å²) in [5, 5.41) is 11.2. The highest BCUT2D eigenvalue weighted by molar-refractivity contribution is 8.13. The standard InChI is InChI=1S/C12H15NO2S/c1-11(2)13-10(16-3)12(14,15-11)9-7-5-4-6-8-9/h4-8,14H,1-3H3. The predicted octanol–water partition coefficient (Wildman–Crippen LogP) is 2.36. The van der Waals surface area contributed by atoms with E-state index in [9.17, 15) is 5.11 Å². The molecule has 0 saturated heterocycles. The van der Waals surface area contributed by atoms with Crippen LogP contribution in [0.1, 0.15) is 19.4 Å². The maximum atomic E-state index is 10.6. The number of aliphatic imine (C=N–C) groups is 1. The van der Waals surface area contributed by atoms with E-state index in [-0.39, 0.29) is 0 Å². The Bertz CT molecular complexity index is 416. The summed E-state index contributed by atoms with van der Waals surface area (Å²) in [5.74, 6) is -1.40. The quantitative estimate of drug-likeness (QED) is 0.815. The second-order valence-electron chi connectivity index (χ2n) is 4.18. The van der Waals surface area contributed by atoms with Gasteiger partial charge in [0.15, 0.2) is 5.72 Å². The Morgan fingerprint density at radius 1 is 1.25 bits per heavy atom. The van der Waals surface area contributed by atoms with Crippen molar-refractivity contribution in [3.8, 4) is 0 Å². The molecular formula is C12H15NO2S. The molecule has 86 valence electrons. The largest absolute Gasteiger partial charge is 0.356 e. The third-order valence-electron chi connectivity index (χ3n) is 2.42. The SMILES string of the molecule is CSC1=NC(C)(C)OC1(O)c1ccccc1. The maximum Gasteiger partial charge on any atom is 0.245 e. The van der Waals surface area contributed by atoms with Gasteiger partial charge in [0.25, 0.3) is 0 Å². The molecule has 2 rings (SSSR count). The predicted molar refractivity (Wildman–Crippen MR) is 66.5 cm³/mol. The number of thioether (sulfide) groups is 1. The first-order valence-corrected chi connectivity index (χ1v) is 6.33. The van der Waals surface area contributed by atoms with Crippen molar-refractivity contribution in [2.75, 3.05) is 6.26 Å². The van der Waals surface area contributed by atoms with E-state index in [4.69, 9.17) is 4.74 Å². The molecule has 0 bridgehead atoms. The van der Waals surface area contributed by atoms with E-state index in [1.165, 1.54) is 11.8 Å². The minimum Gasteiger partial charge on any atom is -0.356 e. The Hall–Kier alpha value is -0.840. The Morgan fingerprint density at radius 2 is 1.88 bits per heavy atom. The maximum absolute atomic E-state index is 10.6. The lowest BCUT2D eigenvalue weighted by molar-refractivity contribution is -0.198. The Morgan fingerprint density at radius 3 is 2.44 bits per heavy atom. The molecule has 4 heteroatoms.